The molecule has 0 aliphatic heterocycles. The summed E-state index contributed by atoms with van der Waals surface area (Å²) in [5.41, 5.74) is 9.26. The van der Waals surface area contributed by atoms with Crippen LogP contribution in [0.15, 0.2) is 36.4 Å². The molecule has 0 radical (unpaired) electrons. The maximum Gasteiger partial charge on any atom is -0.0132 e. The van der Waals surface area contributed by atoms with Crippen LogP contribution in [0.4, 0.5) is 0 Å². The van der Waals surface area contributed by atoms with Crippen molar-refractivity contribution in [3.63, 3.8) is 0 Å². The average molecular weight is 353 g/mol. The summed E-state index contributed by atoms with van der Waals surface area (Å²) in [4.78, 5) is 0. The average Bonchev–Trinajstić information content (AvgIpc) is 2.62. The number of aryl methyl sites for hydroxylation is 2. The highest BCUT2D eigenvalue weighted by atomic mass is 14.3. The van der Waals surface area contributed by atoms with Crippen molar-refractivity contribution in [1.82, 2.24) is 0 Å². The minimum Gasteiger partial charge on any atom is -0.0683 e. The largest absolute Gasteiger partial charge is 0.0683 e. The summed E-state index contributed by atoms with van der Waals surface area (Å²) in [6.07, 6.45) is 2.33. The molecule has 0 atom stereocenters. The molecular formula is C26H40. The number of hydrogen-bond donors (Lipinski definition) is 0. The Labute approximate surface area is 163 Å². The Hall–Kier alpha value is -1.56. The molecule has 2 aromatic carbocycles. The molecule has 0 heteroatoms. The summed E-state index contributed by atoms with van der Waals surface area (Å²) in [6, 6.07) is 14.2. The van der Waals surface area contributed by atoms with Crippen molar-refractivity contribution in [3.05, 3.63) is 58.7 Å². The van der Waals surface area contributed by atoms with Crippen molar-refractivity contribution in [2.45, 2.75) is 92.9 Å². The van der Waals surface area contributed by atoms with Crippen molar-refractivity contribution in [2.24, 2.45) is 0 Å². The van der Waals surface area contributed by atoms with Gasteiger partial charge >= 0.3 is 0 Å². The van der Waals surface area contributed by atoms with Gasteiger partial charge in [-0.2, -0.15) is 0 Å². The lowest BCUT2D eigenvalue weighted by Gasteiger charge is -2.27. The second kappa shape index (κ2) is 8.89. The molecule has 144 valence electrons. The lowest BCUT2D eigenvalue weighted by molar-refractivity contribution is 0.587. The lowest BCUT2D eigenvalue weighted by Crippen LogP contribution is -2.15. The molecule has 0 heterocycles. The van der Waals surface area contributed by atoms with Crippen molar-refractivity contribution in [1.29, 1.82) is 0 Å². The molecule has 0 aromatic heterocycles. The Morgan fingerprint density at radius 1 is 0.538 bits per heavy atom. The number of rotatable bonds is 0. The van der Waals surface area contributed by atoms with Gasteiger partial charge in [0.2, 0.25) is 0 Å². The first-order chi connectivity index (χ1) is 12.2. The van der Waals surface area contributed by atoms with Crippen LogP contribution in [-0.2, 0) is 23.7 Å². The first-order valence-electron chi connectivity index (χ1n) is 10.4. The maximum atomic E-state index is 2.43. The smallest absolute Gasteiger partial charge is 0.0132 e. The van der Waals surface area contributed by atoms with Gasteiger partial charge in [-0.15, -0.1) is 0 Å². The SMILES string of the molecule is CC.CC.CC(C)(C)c1ccc2c(c1)CCc1cc(C(C)(C)C)ccc1-2. The fraction of sp³-hybridized carbons (Fsp3) is 0.538. The second-order valence-electron chi connectivity index (χ2n) is 8.74. The number of hydrogen-bond acceptors (Lipinski definition) is 0. The molecule has 0 spiro atoms. The highest BCUT2D eigenvalue weighted by Gasteiger charge is 2.22. The van der Waals surface area contributed by atoms with Gasteiger partial charge < -0.3 is 0 Å². The van der Waals surface area contributed by atoms with Crippen LogP contribution < -0.4 is 0 Å². The number of benzene rings is 2. The van der Waals surface area contributed by atoms with E-state index in [4.69, 9.17) is 0 Å². The van der Waals surface area contributed by atoms with Gasteiger partial charge in [0.05, 0.1) is 0 Å². The fourth-order valence-corrected chi connectivity index (χ4v) is 3.33. The van der Waals surface area contributed by atoms with E-state index in [1.54, 1.807) is 0 Å². The first kappa shape index (κ1) is 22.5. The number of fused-ring (bicyclic) bond motifs is 3. The second-order valence-corrected chi connectivity index (χ2v) is 8.74. The van der Waals surface area contributed by atoms with E-state index < -0.39 is 0 Å². The molecule has 0 unspecified atom stereocenters. The third kappa shape index (κ3) is 5.00. The van der Waals surface area contributed by atoms with Crippen LogP contribution in [0.25, 0.3) is 11.1 Å². The van der Waals surface area contributed by atoms with Gasteiger partial charge in [0.25, 0.3) is 0 Å². The molecule has 0 amide bonds. The van der Waals surface area contributed by atoms with Crippen LogP contribution in [0.5, 0.6) is 0 Å². The molecule has 3 rings (SSSR count). The molecule has 2 aromatic rings. The third-order valence-corrected chi connectivity index (χ3v) is 4.90. The van der Waals surface area contributed by atoms with E-state index in [-0.39, 0.29) is 10.8 Å². The molecule has 1 aliphatic carbocycles. The summed E-state index contributed by atoms with van der Waals surface area (Å²) < 4.78 is 0. The molecule has 0 N–H and O–H groups in total. The lowest BCUT2D eigenvalue weighted by atomic mass is 9.78. The molecule has 0 nitrogen and oxygen atoms in total. The third-order valence-electron chi connectivity index (χ3n) is 4.90. The van der Waals surface area contributed by atoms with Crippen LogP contribution in [0, 0.1) is 0 Å². The van der Waals surface area contributed by atoms with Crippen LogP contribution in [0.1, 0.15) is 91.5 Å². The quantitative estimate of drug-likeness (QED) is 0.449. The van der Waals surface area contributed by atoms with Gasteiger partial charge in [0.15, 0.2) is 0 Å². The van der Waals surface area contributed by atoms with E-state index in [0.29, 0.717) is 0 Å². The Balaban J connectivity index is 0.000000791. The van der Waals surface area contributed by atoms with Gasteiger partial charge in [-0.05, 0) is 57.1 Å². The maximum absolute atomic E-state index is 2.43. The minimum absolute atomic E-state index is 0.228. The van der Waals surface area contributed by atoms with E-state index in [2.05, 4.69) is 77.9 Å². The molecule has 0 bridgehead atoms. The highest BCUT2D eigenvalue weighted by Crippen LogP contribution is 2.38. The monoisotopic (exact) mass is 352 g/mol. The Kier molecular flexibility index (Phi) is 7.69. The van der Waals surface area contributed by atoms with Crippen molar-refractivity contribution in [2.75, 3.05) is 0 Å². The Morgan fingerprint density at radius 3 is 1.12 bits per heavy atom. The summed E-state index contributed by atoms with van der Waals surface area (Å²) >= 11 is 0. The summed E-state index contributed by atoms with van der Waals surface area (Å²) in [6.45, 7) is 21.8. The van der Waals surface area contributed by atoms with Crippen LogP contribution in [-0.4, -0.2) is 0 Å². The van der Waals surface area contributed by atoms with Gasteiger partial charge in [-0.1, -0.05) is 106 Å². The van der Waals surface area contributed by atoms with Crippen LogP contribution >= 0.6 is 0 Å². The van der Waals surface area contributed by atoms with E-state index in [1.165, 1.54) is 46.2 Å². The van der Waals surface area contributed by atoms with E-state index >= 15 is 0 Å². The molecule has 1 aliphatic rings. The van der Waals surface area contributed by atoms with Crippen molar-refractivity contribution < 1.29 is 0 Å². The topological polar surface area (TPSA) is 0 Å². The van der Waals surface area contributed by atoms with Crippen LogP contribution in [0.3, 0.4) is 0 Å². The minimum atomic E-state index is 0.228. The molecule has 0 saturated carbocycles. The molecular weight excluding hydrogens is 312 g/mol. The molecule has 0 saturated heterocycles. The summed E-state index contributed by atoms with van der Waals surface area (Å²) in [5.74, 6) is 0. The van der Waals surface area contributed by atoms with Gasteiger partial charge in [-0.25, -0.2) is 0 Å². The Bertz CT molecular complexity index is 642. The normalized spacial score (nSPS) is 12.7. The predicted octanol–water partition coefficient (Wildman–Crippen LogP) is 8.10. The predicted molar refractivity (Wildman–Crippen MR) is 119 cm³/mol. The van der Waals surface area contributed by atoms with Crippen molar-refractivity contribution >= 4 is 0 Å². The van der Waals surface area contributed by atoms with Crippen molar-refractivity contribution in [3.8, 4) is 11.1 Å². The van der Waals surface area contributed by atoms with Gasteiger partial charge in [-0.3, -0.25) is 0 Å². The first-order valence-corrected chi connectivity index (χ1v) is 10.4. The molecule has 26 heavy (non-hydrogen) atoms. The van der Waals surface area contributed by atoms with E-state index in [9.17, 15) is 0 Å². The van der Waals surface area contributed by atoms with Gasteiger partial charge in [0, 0.05) is 0 Å². The van der Waals surface area contributed by atoms with E-state index in [0.717, 1.165) is 0 Å². The summed E-state index contributed by atoms with van der Waals surface area (Å²) in [5, 5.41) is 0. The molecule has 0 fully saturated rings. The van der Waals surface area contributed by atoms with Gasteiger partial charge in [0.1, 0.15) is 0 Å². The zero-order chi connectivity index (χ0) is 20.1. The zero-order valence-electron chi connectivity index (χ0n) is 18.9. The summed E-state index contributed by atoms with van der Waals surface area (Å²) in [7, 11) is 0. The Morgan fingerprint density at radius 2 is 0.846 bits per heavy atom. The standard InChI is InChI=1S/C22H28.2C2H6/c1-21(2,3)17-9-11-19-15(13-17)7-8-16-14-18(22(4,5)6)10-12-20(16)19;2*1-2/h9-14H,7-8H2,1-6H3;2*1-2H3. The zero-order valence-corrected chi connectivity index (χ0v) is 18.9. The van der Waals surface area contributed by atoms with E-state index in [1.807, 2.05) is 27.7 Å². The van der Waals surface area contributed by atoms with Crippen LogP contribution in [0.2, 0.25) is 0 Å². The fourth-order valence-electron chi connectivity index (χ4n) is 3.33. The highest BCUT2D eigenvalue weighted by molar-refractivity contribution is 5.74.